The van der Waals surface area contributed by atoms with Crippen molar-refractivity contribution < 1.29 is 14.3 Å². The molecule has 0 fully saturated rings. The van der Waals surface area contributed by atoms with E-state index in [1.54, 1.807) is 6.07 Å². The highest BCUT2D eigenvalue weighted by atomic mass is 32.1. The Hall–Kier alpha value is -3.45. The van der Waals surface area contributed by atoms with Crippen molar-refractivity contribution in [3.63, 3.8) is 0 Å². The molecule has 2 aromatic heterocycles. The van der Waals surface area contributed by atoms with Crippen LogP contribution < -0.4 is 5.32 Å². The Balaban J connectivity index is 1.47. The molecule has 164 valence electrons. The Bertz CT molecular complexity index is 1280. The number of hydrogen-bond donors (Lipinski definition) is 1. The summed E-state index contributed by atoms with van der Waals surface area (Å²) in [6, 6.07) is 19.2. The summed E-state index contributed by atoms with van der Waals surface area (Å²) < 4.78 is 7.12. The lowest BCUT2D eigenvalue weighted by molar-refractivity contribution is -0.119. The van der Waals surface area contributed by atoms with Gasteiger partial charge in [0.2, 0.25) is 0 Å². The molecule has 1 amide bonds. The zero-order valence-corrected chi connectivity index (χ0v) is 19.3. The smallest absolute Gasteiger partial charge is 0.348 e. The minimum absolute atomic E-state index is 0.123. The fraction of sp³-hybridized carbons (Fsp3) is 0.240. The molecule has 2 heterocycles. The van der Waals surface area contributed by atoms with Gasteiger partial charge in [0.15, 0.2) is 6.61 Å². The van der Waals surface area contributed by atoms with E-state index in [1.807, 2.05) is 66.2 Å². The minimum atomic E-state index is -0.524. The number of ether oxygens (including phenoxy) is 1. The lowest BCUT2D eigenvalue weighted by atomic mass is 9.86. The third kappa shape index (κ3) is 4.43. The molecule has 4 rings (SSSR count). The number of aromatic nitrogens is 2. The van der Waals surface area contributed by atoms with Crippen LogP contribution in [0, 0.1) is 6.92 Å². The number of fused-ring (bicyclic) bond motifs is 1. The Morgan fingerprint density at radius 1 is 1.06 bits per heavy atom. The van der Waals surface area contributed by atoms with Gasteiger partial charge < -0.3 is 10.1 Å². The Morgan fingerprint density at radius 3 is 2.47 bits per heavy atom. The SMILES string of the molecule is Cc1nn(-c2ccccc2)c2sc(C(=O)OCC(=O)Nc3ccccc3C(C)(C)C)cc12. The van der Waals surface area contributed by atoms with E-state index < -0.39 is 5.97 Å². The number of carbonyl (C=O) groups excluding carboxylic acids is 2. The average molecular weight is 448 g/mol. The first kappa shape index (κ1) is 21.8. The molecule has 2 aromatic carbocycles. The predicted octanol–water partition coefficient (Wildman–Crippen LogP) is 5.49. The molecule has 0 aliphatic carbocycles. The maximum atomic E-state index is 12.6. The van der Waals surface area contributed by atoms with Crippen LogP contribution in [0.4, 0.5) is 5.69 Å². The number of anilines is 1. The molecule has 0 saturated carbocycles. The van der Waals surface area contributed by atoms with Crippen molar-refractivity contribution in [2.45, 2.75) is 33.1 Å². The maximum Gasteiger partial charge on any atom is 0.348 e. The monoisotopic (exact) mass is 447 g/mol. The molecule has 7 heteroatoms. The second-order valence-electron chi connectivity index (χ2n) is 8.58. The van der Waals surface area contributed by atoms with E-state index in [1.165, 1.54) is 11.3 Å². The third-order valence-electron chi connectivity index (χ3n) is 5.09. The first-order valence-corrected chi connectivity index (χ1v) is 11.2. The normalized spacial score (nSPS) is 11.5. The van der Waals surface area contributed by atoms with Crippen LogP contribution in [-0.2, 0) is 14.9 Å². The summed E-state index contributed by atoms with van der Waals surface area (Å²) in [6.07, 6.45) is 0. The molecular weight excluding hydrogens is 422 g/mol. The van der Waals surface area contributed by atoms with E-state index in [9.17, 15) is 9.59 Å². The molecule has 0 aliphatic rings. The number of para-hydroxylation sites is 2. The Kier molecular flexibility index (Phi) is 5.84. The van der Waals surface area contributed by atoms with Gasteiger partial charge in [-0.2, -0.15) is 5.10 Å². The summed E-state index contributed by atoms with van der Waals surface area (Å²) in [5.74, 6) is -0.896. The number of carbonyl (C=O) groups is 2. The number of esters is 1. The molecule has 0 atom stereocenters. The van der Waals surface area contributed by atoms with Crippen molar-refractivity contribution in [2.75, 3.05) is 11.9 Å². The predicted molar refractivity (Wildman–Crippen MR) is 128 cm³/mol. The quantitative estimate of drug-likeness (QED) is 0.411. The van der Waals surface area contributed by atoms with E-state index >= 15 is 0 Å². The van der Waals surface area contributed by atoms with Crippen LogP contribution in [0.15, 0.2) is 60.7 Å². The first-order chi connectivity index (χ1) is 15.2. The largest absolute Gasteiger partial charge is 0.451 e. The van der Waals surface area contributed by atoms with Crippen LogP contribution in [0.3, 0.4) is 0 Å². The third-order valence-corrected chi connectivity index (χ3v) is 6.18. The van der Waals surface area contributed by atoms with Gasteiger partial charge >= 0.3 is 5.97 Å². The first-order valence-electron chi connectivity index (χ1n) is 10.3. The van der Waals surface area contributed by atoms with E-state index in [0.717, 1.165) is 32.8 Å². The molecule has 0 radical (unpaired) electrons. The lowest BCUT2D eigenvalue weighted by Crippen LogP contribution is -2.23. The van der Waals surface area contributed by atoms with Gasteiger partial charge in [-0.05, 0) is 42.2 Å². The van der Waals surface area contributed by atoms with Gasteiger partial charge in [0, 0.05) is 11.1 Å². The zero-order valence-electron chi connectivity index (χ0n) is 18.5. The van der Waals surface area contributed by atoms with Crippen molar-refractivity contribution >= 4 is 39.1 Å². The molecular formula is C25H25N3O3S. The Morgan fingerprint density at radius 2 is 1.75 bits per heavy atom. The van der Waals surface area contributed by atoms with Gasteiger partial charge in [-0.3, -0.25) is 4.79 Å². The maximum absolute atomic E-state index is 12.6. The number of benzene rings is 2. The fourth-order valence-corrected chi connectivity index (χ4v) is 4.60. The van der Waals surface area contributed by atoms with Crippen molar-refractivity contribution in [3.8, 4) is 5.69 Å². The zero-order chi connectivity index (χ0) is 22.9. The van der Waals surface area contributed by atoms with Crippen molar-refractivity contribution in [1.82, 2.24) is 9.78 Å². The second-order valence-corrected chi connectivity index (χ2v) is 9.61. The van der Waals surface area contributed by atoms with E-state index in [2.05, 4.69) is 31.2 Å². The summed E-state index contributed by atoms with van der Waals surface area (Å²) in [5.41, 5.74) is 3.37. The van der Waals surface area contributed by atoms with Gasteiger partial charge in [0.05, 0.1) is 11.4 Å². The van der Waals surface area contributed by atoms with Crippen LogP contribution >= 0.6 is 11.3 Å². The van der Waals surface area contributed by atoms with Crippen LogP contribution in [0.2, 0.25) is 0 Å². The van der Waals surface area contributed by atoms with Crippen LogP contribution in [-0.4, -0.2) is 28.3 Å². The molecule has 0 unspecified atom stereocenters. The standard InChI is InChI=1S/C25H25N3O3S/c1-16-18-14-21(32-23(18)28(27-16)17-10-6-5-7-11-17)24(30)31-15-22(29)26-20-13-9-8-12-19(20)25(2,3)4/h5-14H,15H2,1-4H3,(H,26,29). The van der Waals surface area contributed by atoms with Gasteiger partial charge in [-0.25, -0.2) is 9.48 Å². The van der Waals surface area contributed by atoms with Gasteiger partial charge in [0.1, 0.15) is 9.71 Å². The Labute approximate surface area is 190 Å². The minimum Gasteiger partial charge on any atom is -0.451 e. The summed E-state index contributed by atoms with van der Waals surface area (Å²) in [5, 5.41) is 8.34. The van der Waals surface area contributed by atoms with Crippen molar-refractivity contribution in [1.29, 1.82) is 0 Å². The van der Waals surface area contributed by atoms with E-state index in [-0.39, 0.29) is 17.9 Å². The number of rotatable bonds is 5. The summed E-state index contributed by atoms with van der Waals surface area (Å²) in [4.78, 5) is 26.4. The topological polar surface area (TPSA) is 73.2 Å². The van der Waals surface area contributed by atoms with E-state index in [4.69, 9.17) is 4.74 Å². The number of nitrogens with zero attached hydrogens (tertiary/aromatic N) is 2. The van der Waals surface area contributed by atoms with Crippen LogP contribution in [0.1, 0.15) is 41.7 Å². The molecule has 6 nitrogen and oxygen atoms in total. The highest BCUT2D eigenvalue weighted by Gasteiger charge is 2.21. The van der Waals surface area contributed by atoms with Crippen molar-refractivity contribution in [2.24, 2.45) is 0 Å². The molecule has 1 N–H and O–H groups in total. The van der Waals surface area contributed by atoms with Crippen LogP contribution in [0.25, 0.3) is 15.9 Å². The highest BCUT2D eigenvalue weighted by Crippen LogP contribution is 2.31. The summed E-state index contributed by atoms with van der Waals surface area (Å²) in [6.45, 7) is 7.80. The average Bonchev–Trinajstić information content (AvgIpc) is 3.33. The molecule has 32 heavy (non-hydrogen) atoms. The second kappa shape index (κ2) is 8.59. The van der Waals surface area contributed by atoms with Gasteiger partial charge in [-0.1, -0.05) is 57.2 Å². The van der Waals surface area contributed by atoms with Gasteiger partial charge in [-0.15, -0.1) is 11.3 Å². The lowest BCUT2D eigenvalue weighted by Gasteiger charge is -2.22. The van der Waals surface area contributed by atoms with Crippen LogP contribution in [0.5, 0.6) is 0 Å². The molecule has 0 saturated heterocycles. The van der Waals surface area contributed by atoms with Crippen molar-refractivity contribution in [3.05, 3.63) is 76.8 Å². The number of amides is 1. The van der Waals surface area contributed by atoms with E-state index in [0.29, 0.717) is 4.88 Å². The molecule has 0 aliphatic heterocycles. The number of aryl methyl sites for hydroxylation is 1. The molecule has 4 aromatic rings. The van der Waals surface area contributed by atoms with Gasteiger partial charge in [0.25, 0.3) is 5.91 Å². The number of nitrogens with one attached hydrogen (secondary N) is 1. The highest BCUT2D eigenvalue weighted by molar-refractivity contribution is 7.20. The summed E-state index contributed by atoms with van der Waals surface area (Å²) in [7, 11) is 0. The molecule has 0 bridgehead atoms. The number of hydrogen-bond acceptors (Lipinski definition) is 5. The fourth-order valence-electron chi connectivity index (χ4n) is 3.53. The molecule has 0 spiro atoms. The summed E-state index contributed by atoms with van der Waals surface area (Å²) >= 11 is 1.30. The number of thiophene rings is 1.